The number of para-hydroxylation sites is 5. The van der Waals surface area contributed by atoms with E-state index in [2.05, 4.69) is 141 Å². The summed E-state index contributed by atoms with van der Waals surface area (Å²) in [6.07, 6.45) is 0. The first-order valence-electron chi connectivity index (χ1n) is 15.9. The van der Waals surface area contributed by atoms with Crippen LogP contribution in [0.5, 0.6) is 0 Å². The van der Waals surface area contributed by atoms with Crippen molar-refractivity contribution in [3.63, 3.8) is 0 Å². The molecule has 9 rings (SSSR count). The van der Waals surface area contributed by atoms with Crippen LogP contribution in [0.15, 0.2) is 158 Å². The van der Waals surface area contributed by atoms with Crippen LogP contribution in [-0.2, 0) is 0 Å². The number of hydrogen-bond donors (Lipinski definition) is 0. The van der Waals surface area contributed by atoms with Gasteiger partial charge in [-0.15, -0.1) is 0 Å². The highest BCUT2D eigenvalue weighted by Crippen LogP contribution is 2.42. The van der Waals surface area contributed by atoms with Crippen LogP contribution in [-0.4, -0.2) is 9.13 Å². The lowest BCUT2D eigenvalue weighted by Gasteiger charge is -2.17. The van der Waals surface area contributed by atoms with E-state index in [4.69, 9.17) is 6.57 Å². The molecule has 0 bridgehead atoms. The third-order valence-corrected chi connectivity index (χ3v) is 9.39. The Morgan fingerprint density at radius 1 is 0.479 bits per heavy atom. The molecule has 0 aliphatic carbocycles. The smallest absolute Gasteiger partial charge is 0.196 e. The van der Waals surface area contributed by atoms with Crippen molar-refractivity contribution in [1.82, 2.24) is 9.13 Å². The molecule has 0 aliphatic heterocycles. The van der Waals surface area contributed by atoms with Crippen molar-refractivity contribution in [2.45, 2.75) is 0 Å². The molecule has 0 aliphatic rings. The number of nitrogens with zero attached hydrogens (tertiary/aromatic N) is 4. The van der Waals surface area contributed by atoms with Crippen LogP contribution < -0.4 is 0 Å². The first kappa shape index (κ1) is 27.4. The summed E-state index contributed by atoms with van der Waals surface area (Å²) in [5.41, 5.74) is 10.8. The maximum absolute atomic E-state index is 10.4. The van der Waals surface area contributed by atoms with Crippen molar-refractivity contribution in [3.8, 4) is 39.7 Å². The topological polar surface area (TPSA) is 38.0 Å². The van der Waals surface area contributed by atoms with E-state index >= 15 is 0 Å². The van der Waals surface area contributed by atoms with Crippen LogP contribution in [0.3, 0.4) is 0 Å². The SMILES string of the molecule is [C-]#[N+]c1cc(C#N)c(-c2cccc(-n3c4ccccc4c4ccccc43)c2)cc1-c1ccccc1-n1c2ccccc2c2ccccc21. The van der Waals surface area contributed by atoms with E-state index in [0.717, 1.165) is 55.7 Å². The summed E-state index contributed by atoms with van der Waals surface area (Å²) in [6, 6.07) is 56.6. The Morgan fingerprint density at radius 3 is 1.56 bits per heavy atom. The van der Waals surface area contributed by atoms with Crippen molar-refractivity contribution in [3.05, 3.63) is 175 Å². The van der Waals surface area contributed by atoms with Gasteiger partial charge < -0.3 is 9.13 Å². The zero-order valence-electron chi connectivity index (χ0n) is 25.8. The van der Waals surface area contributed by atoms with Crippen LogP contribution in [0.1, 0.15) is 5.56 Å². The second-order valence-corrected chi connectivity index (χ2v) is 11.9. The van der Waals surface area contributed by atoms with Gasteiger partial charge in [-0.1, -0.05) is 109 Å². The quantitative estimate of drug-likeness (QED) is 0.183. The van der Waals surface area contributed by atoms with Gasteiger partial charge in [0.05, 0.1) is 40.4 Å². The van der Waals surface area contributed by atoms with Crippen molar-refractivity contribution in [2.24, 2.45) is 0 Å². The molecule has 2 heterocycles. The number of benzene rings is 7. The van der Waals surface area contributed by atoms with E-state index in [1.807, 2.05) is 30.3 Å². The normalized spacial score (nSPS) is 11.3. The van der Waals surface area contributed by atoms with E-state index < -0.39 is 0 Å². The molecule has 0 N–H and O–H groups in total. The molecule has 0 unspecified atom stereocenters. The molecule has 2 aromatic heterocycles. The number of fused-ring (bicyclic) bond motifs is 6. The maximum atomic E-state index is 10.4. The fourth-order valence-corrected chi connectivity index (χ4v) is 7.32. The van der Waals surface area contributed by atoms with E-state index in [1.165, 1.54) is 21.5 Å². The lowest BCUT2D eigenvalue weighted by atomic mass is 9.92. The largest absolute Gasteiger partial charge is 0.309 e. The first-order chi connectivity index (χ1) is 23.7. The lowest BCUT2D eigenvalue weighted by Crippen LogP contribution is -1.98. The van der Waals surface area contributed by atoms with Gasteiger partial charge in [-0.05, 0) is 70.8 Å². The van der Waals surface area contributed by atoms with Gasteiger partial charge in [0.1, 0.15) is 0 Å². The maximum Gasteiger partial charge on any atom is 0.196 e. The highest BCUT2D eigenvalue weighted by molar-refractivity contribution is 6.10. The molecule has 9 aromatic rings. The molecular formula is C44H26N4. The summed E-state index contributed by atoms with van der Waals surface area (Å²) in [6.45, 7) is 8.18. The number of rotatable bonds is 4. The van der Waals surface area contributed by atoms with Crippen LogP contribution in [0.2, 0.25) is 0 Å². The van der Waals surface area contributed by atoms with Crippen molar-refractivity contribution in [1.29, 1.82) is 5.26 Å². The molecule has 0 atom stereocenters. The Bertz CT molecular complexity index is 2710. The van der Waals surface area contributed by atoms with Gasteiger partial charge in [0, 0.05) is 32.8 Å². The summed E-state index contributed by atoms with van der Waals surface area (Å²) in [4.78, 5) is 3.95. The predicted molar refractivity (Wildman–Crippen MR) is 197 cm³/mol. The molecule has 0 spiro atoms. The Hall–Kier alpha value is -6.88. The average Bonchev–Trinajstić information content (AvgIpc) is 3.67. The standard InChI is InChI=1S/C44H26N4/c1-46-39-26-30(28-45)37(29-13-12-14-31(25-29)47-40-20-7-2-15-32(40)33-16-3-8-21-41(33)47)27-38(39)36-19-6-11-24-44(36)48-42-22-9-4-17-34(42)35-18-5-10-23-43(35)48/h2-27H. The highest BCUT2D eigenvalue weighted by Gasteiger charge is 2.20. The Balaban J connectivity index is 1.28. The third-order valence-electron chi connectivity index (χ3n) is 9.39. The van der Waals surface area contributed by atoms with E-state index in [1.54, 1.807) is 6.07 Å². The van der Waals surface area contributed by atoms with E-state index in [-0.39, 0.29) is 0 Å². The summed E-state index contributed by atoms with van der Waals surface area (Å²) in [5, 5.41) is 15.1. The molecular weight excluding hydrogens is 585 g/mol. The van der Waals surface area contributed by atoms with Crippen molar-refractivity contribution in [2.75, 3.05) is 0 Å². The molecule has 0 saturated heterocycles. The van der Waals surface area contributed by atoms with Gasteiger partial charge in [0.25, 0.3) is 0 Å². The molecule has 48 heavy (non-hydrogen) atoms. The van der Waals surface area contributed by atoms with Crippen LogP contribution in [0, 0.1) is 17.9 Å². The van der Waals surface area contributed by atoms with Gasteiger partial charge in [-0.3, -0.25) is 0 Å². The second kappa shape index (κ2) is 10.9. The van der Waals surface area contributed by atoms with E-state index in [9.17, 15) is 5.26 Å². The Labute approximate surface area is 277 Å². The van der Waals surface area contributed by atoms with E-state index in [0.29, 0.717) is 11.3 Å². The first-order valence-corrected chi connectivity index (χ1v) is 15.9. The predicted octanol–water partition coefficient (Wildman–Crippen LogP) is 11.6. The van der Waals surface area contributed by atoms with Gasteiger partial charge in [-0.25, -0.2) is 4.85 Å². The molecule has 4 nitrogen and oxygen atoms in total. The third kappa shape index (κ3) is 4.07. The number of aromatic nitrogens is 2. The molecule has 0 amide bonds. The van der Waals surface area contributed by atoms with Crippen LogP contribution >= 0.6 is 0 Å². The van der Waals surface area contributed by atoms with Gasteiger partial charge in [-0.2, -0.15) is 5.26 Å². The minimum atomic E-state index is 0.446. The average molecular weight is 611 g/mol. The minimum Gasteiger partial charge on any atom is -0.309 e. The van der Waals surface area contributed by atoms with Crippen molar-refractivity contribution < 1.29 is 0 Å². The molecule has 7 aromatic carbocycles. The number of nitriles is 1. The Morgan fingerprint density at radius 2 is 1.00 bits per heavy atom. The van der Waals surface area contributed by atoms with Gasteiger partial charge in [0.15, 0.2) is 5.69 Å². The molecule has 4 heteroatoms. The summed E-state index contributed by atoms with van der Waals surface area (Å²) >= 11 is 0. The fraction of sp³-hybridized carbons (Fsp3) is 0. The molecule has 0 saturated carbocycles. The van der Waals surface area contributed by atoms with Gasteiger partial charge in [0.2, 0.25) is 0 Å². The summed E-state index contributed by atoms with van der Waals surface area (Å²) in [5.74, 6) is 0. The summed E-state index contributed by atoms with van der Waals surface area (Å²) in [7, 11) is 0. The zero-order chi connectivity index (χ0) is 32.2. The van der Waals surface area contributed by atoms with Crippen molar-refractivity contribution >= 4 is 49.3 Å². The molecule has 222 valence electrons. The Kier molecular flexibility index (Phi) is 6.22. The summed E-state index contributed by atoms with van der Waals surface area (Å²) < 4.78 is 4.57. The highest BCUT2D eigenvalue weighted by atomic mass is 15.0. The second-order valence-electron chi connectivity index (χ2n) is 11.9. The molecule has 0 radical (unpaired) electrons. The lowest BCUT2D eigenvalue weighted by molar-refractivity contribution is 1.18. The fourth-order valence-electron chi connectivity index (χ4n) is 7.32. The monoisotopic (exact) mass is 610 g/mol. The number of hydrogen-bond acceptors (Lipinski definition) is 1. The van der Waals surface area contributed by atoms with Crippen LogP contribution in [0.25, 0.3) is 82.1 Å². The molecule has 0 fully saturated rings. The zero-order valence-corrected chi connectivity index (χ0v) is 25.8. The minimum absolute atomic E-state index is 0.446. The van der Waals surface area contributed by atoms with Gasteiger partial charge >= 0.3 is 0 Å². The van der Waals surface area contributed by atoms with Crippen LogP contribution in [0.4, 0.5) is 5.69 Å².